The quantitative estimate of drug-likeness (QED) is 0.0884. The van der Waals surface area contributed by atoms with Gasteiger partial charge in [-0.15, -0.1) is 0 Å². The number of rotatable bonds is 13. The van der Waals surface area contributed by atoms with Crippen molar-refractivity contribution in [3.05, 3.63) is 126 Å². The van der Waals surface area contributed by atoms with Gasteiger partial charge in [0.2, 0.25) is 5.91 Å². The molecule has 4 aromatic rings. The molecular weight excluding hydrogens is 657 g/mol. The van der Waals surface area contributed by atoms with Gasteiger partial charge in [-0.2, -0.15) is 13.2 Å². The highest BCUT2D eigenvalue weighted by Crippen LogP contribution is 2.28. The van der Waals surface area contributed by atoms with Crippen LogP contribution in [0.15, 0.2) is 103 Å². The summed E-state index contributed by atoms with van der Waals surface area (Å²) in [5.41, 5.74) is 10.5. The highest BCUT2D eigenvalue weighted by molar-refractivity contribution is 5.95. The summed E-state index contributed by atoms with van der Waals surface area (Å²) in [6, 6.07) is 24.6. The molecule has 3 aromatic carbocycles. The molecule has 1 saturated carbocycles. The van der Waals surface area contributed by atoms with Crippen molar-refractivity contribution in [3.63, 3.8) is 0 Å². The molecule has 1 aliphatic carbocycles. The second-order valence-corrected chi connectivity index (χ2v) is 12.8. The van der Waals surface area contributed by atoms with Gasteiger partial charge in [-0.1, -0.05) is 48.5 Å². The van der Waals surface area contributed by atoms with Crippen LogP contribution in [0.25, 0.3) is 17.2 Å². The van der Waals surface area contributed by atoms with E-state index < -0.39 is 12.1 Å². The normalized spacial score (nSPS) is 16.1. The van der Waals surface area contributed by atoms with E-state index in [1.807, 2.05) is 48.5 Å². The average Bonchev–Trinajstić information content (AvgIpc) is 3.15. The van der Waals surface area contributed by atoms with Crippen molar-refractivity contribution >= 4 is 23.9 Å². The van der Waals surface area contributed by atoms with Gasteiger partial charge in [-0.05, 0) is 121 Å². The van der Waals surface area contributed by atoms with Crippen LogP contribution < -0.4 is 15.8 Å². The third-order valence-electron chi connectivity index (χ3n) is 9.06. The molecule has 5 rings (SSSR count). The topological polar surface area (TPSA) is 115 Å². The van der Waals surface area contributed by atoms with Gasteiger partial charge in [0.1, 0.15) is 5.75 Å². The Morgan fingerprint density at radius 1 is 0.882 bits per heavy atom. The van der Waals surface area contributed by atoms with E-state index in [2.05, 4.69) is 15.0 Å². The molecule has 1 aromatic heterocycles. The van der Waals surface area contributed by atoms with Crippen LogP contribution in [0.1, 0.15) is 52.7 Å². The van der Waals surface area contributed by atoms with Crippen molar-refractivity contribution in [2.24, 2.45) is 17.6 Å². The van der Waals surface area contributed by atoms with Crippen LogP contribution in [-0.2, 0) is 22.6 Å². The van der Waals surface area contributed by atoms with Crippen LogP contribution in [0.3, 0.4) is 0 Å². The number of halogens is 3. The number of alkyl halides is 3. The van der Waals surface area contributed by atoms with Crippen LogP contribution in [0, 0.1) is 11.8 Å². The summed E-state index contributed by atoms with van der Waals surface area (Å²) < 4.78 is 42.2. The Hall–Kier alpha value is -5.29. The molecule has 0 bridgehead atoms. The van der Waals surface area contributed by atoms with Gasteiger partial charge in [-0.3, -0.25) is 14.6 Å². The number of carbonyl (C=O) groups is 3. The minimum Gasteiger partial charge on any atom is -0.420 e. The summed E-state index contributed by atoms with van der Waals surface area (Å²) in [4.78, 5) is 43.5. The molecule has 0 spiro atoms. The maximum absolute atomic E-state index is 13.5. The molecule has 1 fully saturated rings. The molecule has 11 heteroatoms. The summed E-state index contributed by atoms with van der Waals surface area (Å²) >= 11 is 0. The Balaban J connectivity index is 1.26. The molecule has 0 saturated heterocycles. The van der Waals surface area contributed by atoms with Crippen LogP contribution in [-0.4, -0.2) is 53.5 Å². The standard InChI is InChI=1S/C40H41F3N4O4/c41-40(42,43)39(50)51-36-16-13-28(14-17-36)19-21-47(37(48)18-15-30-5-3-20-45-25-30)27-32-4-1-6-33(22-32)34-7-2-8-35(23-34)38(49)46-26-31-11-9-29(24-44)10-12-31/h1-8,13-18,20,22-23,25,29,31H,9-12,19,21,24,26-27,44H2,(H,46,49)/b18-15+. The van der Waals surface area contributed by atoms with Crippen LogP contribution in [0.4, 0.5) is 13.2 Å². The van der Waals surface area contributed by atoms with Gasteiger partial charge < -0.3 is 20.7 Å². The molecule has 0 atom stereocenters. The van der Waals surface area contributed by atoms with Gasteiger partial charge >= 0.3 is 12.1 Å². The fourth-order valence-corrected chi connectivity index (χ4v) is 6.09. The number of hydrogen-bond donors (Lipinski definition) is 2. The Labute approximate surface area is 295 Å². The zero-order chi connectivity index (χ0) is 36.2. The zero-order valence-electron chi connectivity index (χ0n) is 28.1. The number of esters is 1. The van der Waals surface area contributed by atoms with E-state index in [1.165, 1.54) is 18.2 Å². The molecule has 8 nitrogen and oxygen atoms in total. The molecule has 51 heavy (non-hydrogen) atoms. The van der Waals surface area contributed by atoms with Crippen molar-refractivity contribution in [2.45, 2.75) is 44.8 Å². The van der Waals surface area contributed by atoms with Crippen LogP contribution in [0.2, 0.25) is 0 Å². The Bertz CT molecular complexity index is 1800. The Morgan fingerprint density at radius 2 is 1.59 bits per heavy atom. The number of benzene rings is 3. The predicted molar refractivity (Wildman–Crippen MR) is 189 cm³/mol. The summed E-state index contributed by atoms with van der Waals surface area (Å²) in [6.45, 7) is 1.94. The minimum absolute atomic E-state index is 0.113. The first-order chi connectivity index (χ1) is 24.6. The lowest BCUT2D eigenvalue weighted by atomic mass is 9.82. The SMILES string of the molecule is NCC1CCC(CNC(=O)c2cccc(-c3cccc(CN(CCc4ccc(OC(=O)C(F)(F)F)cc4)C(=O)/C=C/c4cccnc4)c3)c2)CC1. The van der Waals surface area contributed by atoms with Crippen LogP contribution >= 0.6 is 0 Å². The molecule has 0 unspecified atom stereocenters. The lowest BCUT2D eigenvalue weighted by molar-refractivity contribution is -0.189. The van der Waals surface area contributed by atoms with E-state index in [9.17, 15) is 27.6 Å². The van der Waals surface area contributed by atoms with Crippen molar-refractivity contribution < 1.29 is 32.3 Å². The van der Waals surface area contributed by atoms with Crippen LogP contribution in [0.5, 0.6) is 5.75 Å². The largest absolute Gasteiger partial charge is 0.491 e. The number of amides is 2. The third-order valence-corrected chi connectivity index (χ3v) is 9.06. The lowest BCUT2D eigenvalue weighted by Gasteiger charge is -2.27. The predicted octanol–water partition coefficient (Wildman–Crippen LogP) is 7.00. The van der Waals surface area contributed by atoms with Gasteiger partial charge in [0.25, 0.3) is 5.91 Å². The number of nitrogens with one attached hydrogen (secondary N) is 1. The molecule has 1 heterocycles. The van der Waals surface area contributed by atoms with Crippen molar-refractivity contribution in [1.29, 1.82) is 0 Å². The molecular formula is C40H41F3N4O4. The van der Waals surface area contributed by atoms with E-state index in [1.54, 1.807) is 47.6 Å². The van der Waals surface area contributed by atoms with Gasteiger partial charge in [-0.25, -0.2) is 4.79 Å². The third kappa shape index (κ3) is 11.1. The van der Waals surface area contributed by atoms with Crippen molar-refractivity contribution in [3.8, 4) is 16.9 Å². The molecule has 1 aliphatic rings. The van der Waals surface area contributed by atoms with E-state index in [-0.39, 0.29) is 24.1 Å². The van der Waals surface area contributed by atoms with Gasteiger partial charge in [0.15, 0.2) is 0 Å². The van der Waals surface area contributed by atoms with Gasteiger partial charge in [0, 0.05) is 43.7 Å². The molecule has 3 N–H and O–H groups in total. The van der Waals surface area contributed by atoms with E-state index in [0.717, 1.165) is 60.0 Å². The van der Waals surface area contributed by atoms with E-state index in [0.29, 0.717) is 36.9 Å². The Kier molecular flexibility index (Phi) is 12.7. The smallest absolute Gasteiger partial charge is 0.420 e. The van der Waals surface area contributed by atoms with Gasteiger partial charge in [0.05, 0.1) is 0 Å². The maximum atomic E-state index is 13.5. The number of nitrogens with zero attached hydrogens (tertiary/aromatic N) is 2. The average molecular weight is 699 g/mol. The van der Waals surface area contributed by atoms with Crippen molar-refractivity contribution in [2.75, 3.05) is 19.6 Å². The number of hydrogen-bond acceptors (Lipinski definition) is 6. The first-order valence-corrected chi connectivity index (χ1v) is 17.0. The summed E-state index contributed by atoms with van der Waals surface area (Å²) in [6.07, 6.45) is 6.10. The lowest BCUT2D eigenvalue weighted by Crippen LogP contribution is -2.32. The second-order valence-electron chi connectivity index (χ2n) is 12.8. The number of pyridine rings is 1. The highest BCUT2D eigenvalue weighted by atomic mass is 19.4. The number of aromatic nitrogens is 1. The highest BCUT2D eigenvalue weighted by Gasteiger charge is 2.41. The second kappa shape index (κ2) is 17.6. The van der Waals surface area contributed by atoms with E-state index >= 15 is 0 Å². The molecule has 0 radical (unpaired) electrons. The minimum atomic E-state index is -5.10. The fraction of sp³-hybridized carbons (Fsp3) is 0.300. The summed E-state index contributed by atoms with van der Waals surface area (Å²) in [7, 11) is 0. The fourth-order valence-electron chi connectivity index (χ4n) is 6.09. The zero-order valence-corrected chi connectivity index (χ0v) is 28.1. The summed E-state index contributed by atoms with van der Waals surface area (Å²) in [5.74, 6) is -1.82. The number of ether oxygens (including phenoxy) is 1. The molecule has 266 valence electrons. The maximum Gasteiger partial charge on any atom is 0.491 e. The van der Waals surface area contributed by atoms with Crippen molar-refractivity contribution in [1.82, 2.24) is 15.2 Å². The first kappa shape index (κ1) is 37.0. The number of carbonyl (C=O) groups excluding carboxylic acids is 3. The first-order valence-electron chi connectivity index (χ1n) is 17.0. The van der Waals surface area contributed by atoms with E-state index in [4.69, 9.17) is 5.73 Å². The monoisotopic (exact) mass is 698 g/mol. The summed E-state index contributed by atoms with van der Waals surface area (Å²) in [5, 5.41) is 3.11. The Morgan fingerprint density at radius 3 is 2.27 bits per heavy atom. The molecule has 2 amide bonds. The number of nitrogens with two attached hydrogens (primary N) is 1. The molecule has 0 aliphatic heterocycles.